The summed E-state index contributed by atoms with van der Waals surface area (Å²) in [5, 5.41) is 23.4. The first kappa shape index (κ1) is 20.8. The highest BCUT2D eigenvalue weighted by atomic mass is 16.5. The lowest BCUT2D eigenvalue weighted by Gasteiger charge is -2.34. The Morgan fingerprint density at radius 2 is 2.00 bits per heavy atom. The Hall–Kier alpha value is -1.53. The number of dihydropyridines is 1. The number of aliphatic carboxylic acids is 1. The molecule has 0 bridgehead atoms. The van der Waals surface area contributed by atoms with Crippen LogP contribution in [0, 0.1) is 5.92 Å². The maximum absolute atomic E-state index is 11.7. The Balaban J connectivity index is 2.03. The molecule has 1 fully saturated rings. The third-order valence-corrected chi connectivity index (χ3v) is 5.27. The minimum Gasteiger partial charge on any atom is -0.491 e. The number of hydrogen-bond acceptors (Lipinski definition) is 5. The van der Waals surface area contributed by atoms with Crippen molar-refractivity contribution in [2.24, 2.45) is 11.7 Å². The van der Waals surface area contributed by atoms with Gasteiger partial charge in [0.2, 0.25) is 0 Å². The summed E-state index contributed by atoms with van der Waals surface area (Å²) in [6.45, 7) is 3.92. The second-order valence-corrected chi connectivity index (χ2v) is 8.08. The molecule has 0 aromatic rings. The number of carboxylic acid groups (broad SMARTS) is 1. The molecule has 2 aliphatic rings. The molecule has 0 spiro atoms. The SMILES string of the molecule is CC(C)C[C@H](N)[C@](O)(CC1C=C(OC2CCCCCC2)C=CN1)C(=O)O. The molecule has 0 saturated heterocycles. The van der Waals surface area contributed by atoms with Crippen molar-refractivity contribution in [1.82, 2.24) is 5.32 Å². The molecule has 0 aromatic carbocycles. The van der Waals surface area contributed by atoms with Crippen molar-refractivity contribution >= 4 is 5.97 Å². The number of ether oxygens (including phenoxy) is 1. The number of rotatable bonds is 8. The van der Waals surface area contributed by atoms with E-state index in [0.29, 0.717) is 6.42 Å². The van der Waals surface area contributed by atoms with Gasteiger partial charge in [-0.2, -0.15) is 0 Å². The highest BCUT2D eigenvalue weighted by molar-refractivity contribution is 5.78. The predicted octanol–water partition coefficient (Wildman–Crippen LogP) is 2.67. The normalized spacial score (nSPS) is 25.0. The van der Waals surface area contributed by atoms with Crippen LogP contribution >= 0.6 is 0 Å². The first-order valence-electron chi connectivity index (χ1n) is 9.83. The van der Waals surface area contributed by atoms with Crippen LogP contribution in [0.1, 0.15) is 65.2 Å². The molecule has 1 aliphatic carbocycles. The van der Waals surface area contributed by atoms with Crippen LogP contribution in [0.2, 0.25) is 0 Å². The number of allylic oxidation sites excluding steroid dienone is 1. The van der Waals surface area contributed by atoms with Crippen molar-refractivity contribution in [1.29, 1.82) is 0 Å². The lowest BCUT2D eigenvalue weighted by Crippen LogP contribution is -2.57. The fourth-order valence-electron chi connectivity index (χ4n) is 3.74. The van der Waals surface area contributed by atoms with Gasteiger partial charge >= 0.3 is 5.97 Å². The summed E-state index contributed by atoms with van der Waals surface area (Å²) in [5.41, 5.74) is 4.07. The fraction of sp³-hybridized carbons (Fsp3) is 0.750. The lowest BCUT2D eigenvalue weighted by molar-refractivity contribution is -0.162. The minimum atomic E-state index is -1.98. The molecular weight excluding hydrogens is 332 g/mol. The van der Waals surface area contributed by atoms with Gasteiger partial charge in [0, 0.05) is 18.7 Å². The van der Waals surface area contributed by atoms with E-state index in [-0.39, 0.29) is 24.5 Å². The smallest absolute Gasteiger partial charge is 0.337 e. The number of hydrogen-bond donors (Lipinski definition) is 4. The third kappa shape index (κ3) is 5.74. The molecule has 26 heavy (non-hydrogen) atoms. The van der Waals surface area contributed by atoms with Crippen molar-refractivity contribution in [3.8, 4) is 0 Å². The monoisotopic (exact) mass is 366 g/mol. The molecule has 148 valence electrons. The van der Waals surface area contributed by atoms with Gasteiger partial charge in [0.15, 0.2) is 5.60 Å². The van der Waals surface area contributed by atoms with Gasteiger partial charge in [-0.1, -0.05) is 26.7 Å². The number of aliphatic hydroxyl groups is 1. The zero-order chi connectivity index (χ0) is 19.2. The Labute approximate surface area is 156 Å². The average molecular weight is 367 g/mol. The molecule has 6 nitrogen and oxygen atoms in total. The highest BCUT2D eigenvalue weighted by Gasteiger charge is 2.44. The van der Waals surface area contributed by atoms with E-state index in [0.717, 1.165) is 18.6 Å². The van der Waals surface area contributed by atoms with Crippen LogP contribution in [-0.2, 0) is 9.53 Å². The van der Waals surface area contributed by atoms with Gasteiger partial charge in [-0.25, -0.2) is 4.79 Å². The van der Waals surface area contributed by atoms with E-state index in [9.17, 15) is 15.0 Å². The summed E-state index contributed by atoms with van der Waals surface area (Å²) in [6, 6.07) is -1.16. The van der Waals surface area contributed by atoms with Crippen molar-refractivity contribution in [3.05, 3.63) is 24.1 Å². The number of nitrogens with two attached hydrogens (primary N) is 1. The molecule has 1 heterocycles. The number of carbonyl (C=O) groups is 1. The Morgan fingerprint density at radius 1 is 1.35 bits per heavy atom. The van der Waals surface area contributed by atoms with Gasteiger partial charge in [-0.3, -0.25) is 0 Å². The van der Waals surface area contributed by atoms with Crippen molar-refractivity contribution in [2.75, 3.05) is 0 Å². The predicted molar refractivity (Wildman–Crippen MR) is 101 cm³/mol. The van der Waals surface area contributed by atoms with Gasteiger partial charge in [0.1, 0.15) is 5.76 Å². The van der Waals surface area contributed by atoms with E-state index < -0.39 is 17.6 Å². The molecule has 1 aliphatic heterocycles. The molecule has 1 unspecified atom stereocenters. The number of carboxylic acids is 1. The van der Waals surface area contributed by atoms with Crippen molar-refractivity contribution < 1.29 is 19.7 Å². The third-order valence-electron chi connectivity index (χ3n) is 5.27. The molecule has 0 aromatic heterocycles. The minimum absolute atomic E-state index is 0.00190. The van der Waals surface area contributed by atoms with Crippen LogP contribution < -0.4 is 11.1 Å². The molecule has 0 radical (unpaired) electrons. The van der Waals surface area contributed by atoms with E-state index >= 15 is 0 Å². The van der Waals surface area contributed by atoms with Crippen molar-refractivity contribution in [3.63, 3.8) is 0 Å². The summed E-state index contributed by atoms with van der Waals surface area (Å²) in [7, 11) is 0. The zero-order valence-corrected chi connectivity index (χ0v) is 16.0. The molecule has 1 saturated carbocycles. The van der Waals surface area contributed by atoms with Gasteiger partial charge in [0.25, 0.3) is 0 Å². The maximum atomic E-state index is 11.7. The van der Waals surface area contributed by atoms with E-state index in [1.807, 2.05) is 26.0 Å². The van der Waals surface area contributed by atoms with E-state index in [4.69, 9.17) is 10.5 Å². The topological polar surface area (TPSA) is 105 Å². The average Bonchev–Trinajstić information content (AvgIpc) is 2.83. The van der Waals surface area contributed by atoms with Crippen LogP contribution in [0.5, 0.6) is 0 Å². The molecule has 5 N–H and O–H groups in total. The van der Waals surface area contributed by atoms with Gasteiger partial charge < -0.3 is 26.0 Å². The Bertz CT molecular complexity index is 524. The quantitative estimate of drug-likeness (QED) is 0.492. The van der Waals surface area contributed by atoms with Crippen LogP contribution in [0.25, 0.3) is 0 Å². The summed E-state index contributed by atoms with van der Waals surface area (Å²) in [6.07, 6.45) is 13.1. The summed E-state index contributed by atoms with van der Waals surface area (Å²) in [5.74, 6) is -0.327. The fourth-order valence-corrected chi connectivity index (χ4v) is 3.74. The molecule has 6 heteroatoms. The molecule has 3 atom stereocenters. The Kier molecular flexibility index (Phi) is 7.53. The maximum Gasteiger partial charge on any atom is 0.337 e. The highest BCUT2D eigenvalue weighted by Crippen LogP contribution is 2.26. The molecule has 2 rings (SSSR count). The lowest BCUT2D eigenvalue weighted by atomic mass is 9.83. The van der Waals surface area contributed by atoms with Gasteiger partial charge in [-0.05, 0) is 50.2 Å². The van der Waals surface area contributed by atoms with E-state index in [2.05, 4.69) is 5.32 Å². The number of nitrogens with one attached hydrogen (secondary N) is 1. The van der Waals surface area contributed by atoms with Crippen LogP contribution in [0.15, 0.2) is 24.1 Å². The van der Waals surface area contributed by atoms with E-state index in [1.165, 1.54) is 25.7 Å². The molecular formula is C20H34N2O4. The summed E-state index contributed by atoms with van der Waals surface area (Å²) < 4.78 is 6.12. The van der Waals surface area contributed by atoms with Crippen LogP contribution in [0.4, 0.5) is 0 Å². The van der Waals surface area contributed by atoms with Crippen LogP contribution in [-0.4, -0.2) is 40.0 Å². The first-order valence-corrected chi connectivity index (χ1v) is 9.83. The summed E-state index contributed by atoms with van der Waals surface area (Å²) >= 11 is 0. The van der Waals surface area contributed by atoms with E-state index in [1.54, 1.807) is 6.20 Å². The summed E-state index contributed by atoms with van der Waals surface area (Å²) in [4.78, 5) is 11.7. The second-order valence-electron chi connectivity index (χ2n) is 8.08. The second kappa shape index (κ2) is 9.42. The van der Waals surface area contributed by atoms with Crippen LogP contribution in [0.3, 0.4) is 0 Å². The van der Waals surface area contributed by atoms with Gasteiger partial charge in [-0.15, -0.1) is 0 Å². The van der Waals surface area contributed by atoms with Gasteiger partial charge in [0.05, 0.1) is 12.1 Å². The Morgan fingerprint density at radius 3 is 2.58 bits per heavy atom. The molecule has 0 amide bonds. The van der Waals surface area contributed by atoms with Crippen molar-refractivity contribution in [2.45, 2.75) is 89.0 Å². The first-order chi connectivity index (χ1) is 12.3. The zero-order valence-electron chi connectivity index (χ0n) is 16.0. The standard InChI is InChI=1S/C20H34N2O4/c1-14(2)11-18(21)20(25,19(23)24)13-15-12-17(9-10-22-15)26-16-7-5-3-4-6-8-16/h9-10,12,14-16,18,22,25H,3-8,11,13,21H2,1-2H3,(H,23,24)/t15?,18-,20+/m0/s1. The largest absolute Gasteiger partial charge is 0.491 e.